The first-order valence-electron chi connectivity index (χ1n) is 6.89. The van der Waals surface area contributed by atoms with Crippen molar-refractivity contribution in [1.29, 1.82) is 0 Å². The van der Waals surface area contributed by atoms with Crippen LogP contribution in [0.5, 0.6) is 0 Å². The molecule has 5 heteroatoms. The van der Waals surface area contributed by atoms with Gasteiger partial charge in [-0.05, 0) is 37.1 Å². The molecule has 0 saturated heterocycles. The molecule has 1 N–H and O–H groups in total. The predicted octanol–water partition coefficient (Wildman–Crippen LogP) is 3.29. The summed E-state index contributed by atoms with van der Waals surface area (Å²) in [5, 5.41) is 0. The molecule has 2 aromatic rings. The van der Waals surface area contributed by atoms with Crippen molar-refractivity contribution in [1.82, 2.24) is 4.72 Å². The Bertz CT molecular complexity index is 696. The van der Waals surface area contributed by atoms with Crippen molar-refractivity contribution in [3.05, 3.63) is 60.7 Å². The van der Waals surface area contributed by atoms with E-state index in [1.165, 1.54) is 4.90 Å². The average molecular weight is 319 g/mol. The van der Waals surface area contributed by atoms with E-state index in [0.29, 0.717) is 11.4 Å². The van der Waals surface area contributed by atoms with Crippen LogP contribution >= 0.6 is 11.8 Å². The molecule has 1 fully saturated rings. The fourth-order valence-electron chi connectivity index (χ4n) is 2.10. The summed E-state index contributed by atoms with van der Waals surface area (Å²) in [6.07, 6.45) is 2.09. The third-order valence-corrected chi connectivity index (χ3v) is 6.43. The molecule has 0 bridgehead atoms. The molecule has 1 saturated carbocycles. The molecule has 21 heavy (non-hydrogen) atoms. The van der Waals surface area contributed by atoms with Gasteiger partial charge in [0.2, 0.25) is 10.0 Å². The van der Waals surface area contributed by atoms with Gasteiger partial charge in [-0.15, -0.1) is 11.8 Å². The molecule has 0 radical (unpaired) electrons. The van der Waals surface area contributed by atoms with Gasteiger partial charge in [-0.25, -0.2) is 13.1 Å². The molecule has 0 spiro atoms. The van der Waals surface area contributed by atoms with Gasteiger partial charge < -0.3 is 0 Å². The Hall–Kier alpha value is -1.30. The molecule has 1 aliphatic rings. The summed E-state index contributed by atoms with van der Waals surface area (Å²) < 4.78 is 27.2. The molecule has 110 valence electrons. The van der Waals surface area contributed by atoms with Crippen LogP contribution in [0, 0.1) is 0 Å². The lowest BCUT2D eigenvalue weighted by Gasteiger charge is -2.16. The molecule has 0 aromatic heterocycles. The van der Waals surface area contributed by atoms with E-state index in [-0.39, 0.29) is 4.75 Å². The largest absolute Gasteiger partial charge is 0.240 e. The topological polar surface area (TPSA) is 46.2 Å². The summed E-state index contributed by atoms with van der Waals surface area (Å²) in [4.78, 5) is 1.51. The van der Waals surface area contributed by atoms with E-state index in [1.807, 2.05) is 24.3 Å². The van der Waals surface area contributed by atoms with E-state index in [1.54, 1.807) is 36.0 Å². The Morgan fingerprint density at radius 2 is 1.52 bits per heavy atom. The average Bonchev–Trinajstić information content (AvgIpc) is 3.27. The minimum atomic E-state index is -3.41. The first-order chi connectivity index (χ1) is 10.1. The molecular formula is C16H17NO2S2. The Morgan fingerprint density at radius 1 is 0.952 bits per heavy atom. The fourth-order valence-corrected chi connectivity index (χ4v) is 4.59. The zero-order valence-electron chi connectivity index (χ0n) is 11.5. The summed E-state index contributed by atoms with van der Waals surface area (Å²) in [7, 11) is -3.41. The van der Waals surface area contributed by atoms with Gasteiger partial charge in [-0.3, -0.25) is 0 Å². The van der Waals surface area contributed by atoms with E-state index in [4.69, 9.17) is 0 Å². The zero-order chi connectivity index (χ0) is 14.8. The maximum Gasteiger partial charge on any atom is 0.240 e. The first-order valence-corrected chi connectivity index (χ1v) is 9.19. The molecule has 3 rings (SSSR count). The maximum atomic E-state index is 12.2. The number of hydrogen-bond donors (Lipinski definition) is 1. The van der Waals surface area contributed by atoms with Crippen molar-refractivity contribution in [2.24, 2.45) is 0 Å². The molecule has 0 heterocycles. The van der Waals surface area contributed by atoms with Crippen LogP contribution in [0.4, 0.5) is 0 Å². The van der Waals surface area contributed by atoms with E-state index >= 15 is 0 Å². The monoisotopic (exact) mass is 319 g/mol. The van der Waals surface area contributed by atoms with Crippen LogP contribution in [-0.4, -0.2) is 19.7 Å². The number of benzene rings is 2. The summed E-state index contributed by atoms with van der Waals surface area (Å²) in [5.74, 6) is 0. The molecule has 3 nitrogen and oxygen atoms in total. The van der Waals surface area contributed by atoms with Crippen LogP contribution in [0.3, 0.4) is 0 Å². The molecule has 2 aromatic carbocycles. The highest BCUT2D eigenvalue weighted by atomic mass is 32.2. The van der Waals surface area contributed by atoms with E-state index in [0.717, 1.165) is 12.8 Å². The fraction of sp³-hybridized carbons (Fsp3) is 0.250. The Labute approximate surface area is 129 Å². The van der Waals surface area contributed by atoms with Crippen molar-refractivity contribution < 1.29 is 8.42 Å². The van der Waals surface area contributed by atoms with Crippen molar-refractivity contribution in [3.8, 4) is 0 Å². The third kappa shape index (κ3) is 3.67. The minimum absolute atomic E-state index is 0.0171. The smallest absolute Gasteiger partial charge is 0.210 e. The minimum Gasteiger partial charge on any atom is -0.210 e. The first kappa shape index (κ1) is 14.6. The standard InChI is InChI=1S/C16H17NO2S2/c18-21(19,15-9-5-2-6-10-15)17-13-16(11-12-16)20-14-7-3-1-4-8-14/h1-10,17H,11-13H2. The Kier molecular flexibility index (Phi) is 4.06. The van der Waals surface area contributed by atoms with E-state index < -0.39 is 10.0 Å². The summed E-state index contributed by atoms with van der Waals surface area (Å²) >= 11 is 1.77. The van der Waals surface area contributed by atoms with E-state index in [9.17, 15) is 8.42 Å². The van der Waals surface area contributed by atoms with Gasteiger partial charge >= 0.3 is 0 Å². The van der Waals surface area contributed by atoms with Crippen molar-refractivity contribution in [2.45, 2.75) is 27.4 Å². The van der Waals surface area contributed by atoms with Crippen LogP contribution < -0.4 is 4.72 Å². The predicted molar refractivity (Wildman–Crippen MR) is 85.9 cm³/mol. The highest BCUT2D eigenvalue weighted by Gasteiger charge is 2.44. The molecule has 0 amide bonds. The summed E-state index contributed by atoms with van der Waals surface area (Å²) in [5.41, 5.74) is 0. The second-order valence-electron chi connectivity index (χ2n) is 5.24. The number of rotatable bonds is 6. The highest BCUT2D eigenvalue weighted by Crippen LogP contribution is 2.51. The van der Waals surface area contributed by atoms with Crippen LogP contribution in [-0.2, 0) is 10.0 Å². The van der Waals surface area contributed by atoms with Crippen molar-refractivity contribution in [3.63, 3.8) is 0 Å². The number of hydrogen-bond acceptors (Lipinski definition) is 3. The zero-order valence-corrected chi connectivity index (χ0v) is 13.2. The lowest BCUT2D eigenvalue weighted by molar-refractivity contribution is 0.579. The Balaban J connectivity index is 1.65. The highest BCUT2D eigenvalue weighted by molar-refractivity contribution is 8.01. The van der Waals surface area contributed by atoms with Crippen molar-refractivity contribution in [2.75, 3.05) is 6.54 Å². The lowest BCUT2D eigenvalue weighted by atomic mass is 10.4. The third-order valence-electron chi connectivity index (χ3n) is 3.52. The number of nitrogens with one attached hydrogen (secondary N) is 1. The molecule has 1 aliphatic carbocycles. The van der Waals surface area contributed by atoms with Gasteiger partial charge in [0.1, 0.15) is 0 Å². The van der Waals surface area contributed by atoms with Gasteiger partial charge in [-0.2, -0.15) is 0 Å². The van der Waals surface area contributed by atoms with Gasteiger partial charge in [0.25, 0.3) is 0 Å². The number of sulfonamides is 1. The summed E-state index contributed by atoms with van der Waals surface area (Å²) in [6, 6.07) is 18.7. The van der Waals surface area contributed by atoms with Gasteiger partial charge in [0, 0.05) is 16.2 Å². The Morgan fingerprint density at radius 3 is 2.10 bits per heavy atom. The molecular weight excluding hydrogens is 302 g/mol. The van der Waals surface area contributed by atoms with Gasteiger partial charge in [0.15, 0.2) is 0 Å². The van der Waals surface area contributed by atoms with Gasteiger partial charge in [0.05, 0.1) is 4.90 Å². The number of thioether (sulfide) groups is 1. The van der Waals surface area contributed by atoms with Crippen LogP contribution in [0.1, 0.15) is 12.8 Å². The van der Waals surface area contributed by atoms with Crippen LogP contribution in [0.2, 0.25) is 0 Å². The lowest BCUT2D eigenvalue weighted by Crippen LogP contribution is -2.31. The van der Waals surface area contributed by atoms with Gasteiger partial charge in [-0.1, -0.05) is 36.4 Å². The SMILES string of the molecule is O=S(=O)(NCC1(Sc2ccccc2)CC1)c1ccccc1. The molecule has 0 atom stereocenters. The van der Waals surface area contributed by atoms with E-state index in [2.05, 4.69) is 16.9 Å². The van der Waals surface area contributed by atoms with Crippen LogP contribution in [0.25, 0.3) is 0 Å². The quantitative estimate of drug-likeness (QED) is 0.889. The summed E-state index contributed by atoms with van der Waals surface area (Å²) in [6.45, 7) is 0.476. The molecule has 0 aliphatic heterocycles. The molecule has 0 unspecified atom stereocenters. The van der Waals surface area contributed by atoms with Crippen LogP contribution in [0.15, 0.2) is 70.5 Å². The second kappa shape index (κ2) is 5.83. The van der Waals surface area contributed by atoms with Crippen molar-refractivity contribution >= 4 is 21.8 Å². The second-order valence-corrected chi connectivity index (χ2v) is 8.54. The normalized spacial score (nSPS) is 16.6. The maximum absolute atomic E-state index is 12.2.